The molecule has 31 heavy (non-hydrogen) atoms. The Balaban J connectivity index is 0.00000240. The van der Waals surface area contributed by atoms with Gasteiger partial charge >= 0.3 is 0 Å². The van der Waals surface area contributed by atoms with Crippen LogP contribution in [0, 0.1) is 12.3 Å². The van der Waals surface area contributed by atoms with Crippen LogP contribution in [0.3, 0.4) is 0 Å². The number of aromatic nitrogens is 2. The highest BCUT2D eigenvalue weighted by molar-refractivity contribution is 5.93. The third-order valence-corrected chi connectivity index (χ3v) is 4.08. The summed E-state index contributed by atoms with van der Waals surface area (Å²) in [6, 6.07) is 11.3. The summed E-state index contributed by atoms with van der Waals surface area (Å²) in [7, 11) is 3.25. The van der Waals surface area contributed by atoms with Crippen molar-refractivity contribution >= 4 is 34.8 Å². The fourth-order valence-corrected chi connectivity index (χ4v) is 2.68. The van der Waals surface area contributed by atoms with E-state index >= 15 is 0 Å². The first kappa shape index (κ1) is 25.9. The van der Waals surface area contributed by atoms with E-state index in [4.69, 9.17) is 25.4 Å². The number of hydrogen-bond acceptors (Lipinski definition) is 7. The van der Waals surface area contributed by atoms with Gasteiger partial charge in [-0.25, -0.2) is 9.97 Å². The molecule has 0 aliphatic carbocycles. The van der Waals surface area contributed by atoms with Gasteiger partial charge in [0.2, 0.25) is 0 Å². The van der Waals surface area contributed by atoms with Crippen molar-refractivity contribution in [3.05, 3.63) is 48.3 Å². The van der Waals surface area contributed by atoms with Crippen molar-refractivity contribution in [2.45, 2.75) is 0 Å². The largest absolute Gasteiger partial charge is 0.487 e. The second kappa shape index (κ2) is 13.3. The van der Waals surface area contributed by atoms with Gasteiger partial charge in [0.1, 0.15) is 25.4 Å². The van der Waals surface area contributed by atoms with Crippen molar-refractivity contribution in [2.75, 3.05) is 46.0 Å². The van der Waals surface area contributed by atoms with Crippen molar-refractivity contribution in [3.63, 3.8) is 0 Å². The highest BCUT2D eigenvalue weighted by Crippen LogP contribution is 2.35. The van der Waals surface area contributed by atoms with Crippen LogP contribution in [-0.4, -0.2) is 56.1 Å². The summed E-state index contributed by atoms with van der Waals surface area (Å²) in [5.74, 6) is 4.44. The van der Waals surface area contributed by atoms with Crippen molar-refractivity contribution in [3.8, 4) is 23.8 Å². The molecule has 0 aliphatic rings. The molecule has 0 aliphatic heterocycles. The van der Waals surface area contributed by atoms with Gasteiger partial charge in [-0.15, -0.1) is 18.8 Å². The van der Waals surface area contributed by atoms with Crippen LogP contribution in [-0.2, 0) is 9.47 Å². The van der Waals surface area contributed by atoms with Crippen LogP contribution in [0.1, 0.15) is 5.56 Å². The summed E-state index contributed by atoms with van der Waals surface area (Å²) in [6.07, 6.45) is 6.99. The maximum atomic E-state index is 5.86. The van der Waals surface area contributed by atoms with Crippen LogP contribution in [0.15, 0.2) is 42.7 Å². The molecule has 1 aromatic heterocycles. The number of halogens is 1. The topological polar surface area (TPSA) is 106 Å². The van der Waals surface area contributed by atoms with Gasteiger partial charge in [-0.3, -0.25) is 0 Å². The molecular weight excluding hydrogens is 422 g/mol. The van der Waals surface area contributed by atoms with Gasteiger partial charge in [0.05, 0.1) is 18.7 Å². The minimum Gasteiger partial charge on any atom is -0.487 e. The predicted octanol–water partition coefficient (Wildman–Crippen LogP) is 3.00. The van der Waals surface area contributed by atoms with Crippen LogP contribution < -0.4 is 14.8 Å². The molecule has 3 aromatic rings. The second-order valence-electron chi connectivity index (χ2n) is 6.07. The minimum absolute atomic E-state index is 0. The first-order valence-corrected chi connectivity index (χ1v) is 9.11. The minimum atomic E-state index is 0. The third-order valence-electron chi connectivity index (χ3n) is 4.08. The molecule has 0 spiro atoms. The molecular formula is C22H26ClN3O5. The first-order valence-electron chi connectivity index (χ1n) is 9.11. The van der Waals surface area contributed by atoms with E-state index in [2.05, 4.69) is 21.2 Å². The monoisotopic (exact) mass is 447 g/mol. The maximum absolute atomic E-state index is 5.86. The molecule has 3 rings (SSSR count). The molecule has 1 heterocycles. The number of ether oxygens (including phenoxy) is 4. The quantitative estimate of drug-likeness (QED) is 0.376. The number of methoxy groups -OCH3 is 2. The Bertz CT molecular complexity index is 1010. The molecule has 0 saturated carbocycles. The van der Waals surface area contributed by atoms with Crippen LogP contribution in [0.25, 0.3) is 10.9 Å². The Morgan fingerprint density at radius 1 is 0.935 bits per heavy atom. The summed E-state index contributed by atoms with van der Waals surface area (Å²) in [4.78, 5) is 8.75. The Morgan fingerprint density at radius 3 is 2.26 bits per heavy atom. The van der Waals surface area contributed by atoms with E-state index in [1.165, 1.54) is 6.33 Å². The van der Waals surface area contributed by atoms with E-state index in [-0.39, 0.29) is 17.9 Å². The van der Waals surface area contributed by atoms with E-state index in [1.807, 2.05) is 36.4 Å². The maximum Gasteiger partial charge on any atom is 0.163 e. The lowest BCUT2D eigenvalue weighted by Crippen LogP contribution is -2.09. The van der Waals surface area contributed by atoms with Crippen molar-refractivity contribution < 1.29 is 24.4 Å². The number of nitrogens with one attached hydrogen (secondary N) is 1. The van der Waals surface area contributed by atoms with Crippen LogP contribution in [0.4, 0.5) is 11.5 Å². The van der Waals surface area contributed by atoms with E-state index in [1.54, 1.807) is 14.2 Å². The summed E-state index contributed by atoms with van der Waals surface area (Å²) >= 11 is 0. The number of hydrogen-bond donors (Lipinski definition) is 1. The second-order valence-corrected chi connectivity index (χ2v) is 6.07. The van der Waals surface area contributed by atoms with Gasteiger partial charge in [0, 0.05) is 36.9 Å². The molecule has 0 amide bonds. The average molecular weight is 448 g/mol. The smallest absolute Gasteiger partial charge is 0.163 e. The zero-order valence-corrected chi connectivity index (χ0v) is 18.2. The zero-order chi connectivity index (χ0) is 20.5. The molecule has 0 saturated heterocycles. The van der Waals surface area contributed by atoms with Gasteiger partial charge in [-0.1, -0.05) is 12.0 Å². The lowest BCUT2D eigenvalue weighted by atomic mass is 10.2. The third kappa shape index (κ3) is 6.98. The van der Waals surface area contributed by atoms with E-state index < -0.39 is 0 Å². The number of fused-ring (bicyclic) bond motifs is 1. The Hall–Kier alpha value is -3.09. The Kier molecular flexibility index (Phi) is 11.1. The lowest BCUT2D eigenvalue weighted by molar-refractivity contribution is 0.132. The number of nitrogens with zero attached hydrogens (tertiary/aromatic N) is 2. The summed E-state index contributed by atoms with van der Waals surface area (Å²) in [6.45, 7) is 1.73. The molecule has 0 atom stereocenters. The van der Waals surface area contributed by atoms with Crippen LogP contribution in [0.5, 0.6) is 11.5 Å². The highest BCUT2D eigenvalue weighted by atomic mass is 35.5. The van der Waals surface area contributed by atoms with E-state index in [9.17, 15) is 0 Å². The molecule has 0 radical (unpaired) electrons. The SMILES string of the molecule is C#Cc1cccc(Nc2ncnc3cc(OCCOC)c(OCCOC)cc23)c1.Cl.O. The van der Waals surface area contributed by atoms with Gasteiger partial charge < -0.3 is 29.7 Å². The normalized spacial score (nSPS) is 9.84. The molecule has 0 fully saturated rings. The number of terminal acetylenes is 1. The van der Waals surface area contributed by atoms with E-state index in [0.717, 1.165) is 22.2 Å². The summed E-state index contributed by atoms with van der Waals surface area (Å²) in [5.41, 5.74) is 2.34. The van der Waals surface area contributed by atoms with Gasteiger partial charge in [-0.2, -0.15) is 0 Å². The molecule has 0 bridgehead atoms. The van der Waals surface area contributed by atoms with Crippen LogP contribution in [0.2, 0.25) is 0 Å². The molecule has 2 aromatic carbocycles. The van der Waals surface area contributed by atoms with Crippen molar-refractivity contribution in [1.82, 2.24) is 9.97 Å². The van der Waals surface area contributed by atoms with Gasteiger partial charge in [0.25, 0.3) is 0 Å². The summed E-state index contributed by atoms with van der Waals surface area (Å²) < 4.78 is 21.8. The standard InChI is InChI=1S/C22H23N3O4.ClH.H2O/c1-4-16-6-5-7-17(12-16)25-22-18-13-20(28-10-8-26-2)21(29-11-9-27-3)14-19(18)23-15-24-22;;/h1,5-7,12-15H,8-11H2,2-3H3,(H,23,24,25);1H;1H2. The number of benzene rings is 2. The van der Waals surface area contributed by atoms with Crippen molar-refractivity contribution in [2.24, 2.45) is 0 Å². The number of anilines is 2. The summed E-state index contributed by atoms with van der Waals surface area (Å²) in [5, 5.41) is 4.10. The van der Waals surface area contributed by atoms with Crippen LogP contribution >= 0.6 is 12.4 Å². The molecule has 3 N–H and O–H groups in total. The zero-order valence-electron chi connectivity index (χ0n) is 17.4. The molecule has 8 nitrogen and oxygen atoms in total. The highest BCUT2D eigenvalue weighted by Gasteiger charge is 2.13. The lowest BCUT2D eigenvalue weighted by Gasteiger charge is -2.15. The average Bonchev–Trinajstić information content (AvgIpc) is 2.75. The molecule has 0 unspecified atom stereocenters. The number of rotatable bonds is 10. The van der Waals surface area contributed by atoms with E-state index in [0.29, 0.717) is 43.7 Å². The van der Waals surface area contributed by atoms with Crippen molar-refractivity contribution in [1.29, 1.82) is 0 Å². The first-order chi connectivity index (χ1) is 14.2. The molecule has 9 heteroatoms. The Labute approximate surface area is 187 Å². The fourth-order valence-electron chi connectivity index (χ4n) is 2.68. The molecule has 166 valence electrons. The van der Waals surface area contributed by atoms with Gasteiger partial charge in [0.15, 0.2) is 11.5 Å². The Morgan fingerprint density at radius 2 is 1.61 bits per heavy atom. The fraction of sp³-hybridized carbons (Fsp3) is 0.273. The van der Waals surface area contributed by atoms with Gasteiger partial charge in [-0.05, 0) is 24.3 Å². The predicted molar refractivity (Wildman–Crippen MR) is 123 cm³/mol.